The first-order valence-electron chi connectivity index (χ1n) is 10.4. The Balaban J connectivity index is 1.87. The Morgan fingerprint density at radius 3 is 2.55 bits per heavy atom. The number of anilines is 1. The van der Waals surface area contributed by atoms with Crippen LogP contribution in [0.15, 0.2) is 69.3 Å². The molecule has 1 aromatic heterocycles. The number of hydrogen-bond donors (Lipinski definition) is 4. The van der Waals surface area contributed by atoms with E-state index in [0.717, 1.165) is 11.3 Å². The van der Waals surface area contributed by atoms with Crippen molar-refractivity contribution < 1.29 is 4.79 Å². The van der Waals surface area contributed by atoms with E-state index in [1.54, 1.807) is 24.3 Å². The third-order valence-electron chi connectivity index (χ3n) is 4.85. The molecule has 0 atom stereocenters. The van der Waals surface area contributed by atoms with Crippen molar-refractivity contribution in [3.8, 4) is 0 Å². The van der Waals surface area contributed by atoms with E-state index < -0.39 is 11.2 Å². The maximum atomic E-state index is 12.8. The number of H-pyrrole nitrogens is 2. The standard InChI is InChI=1S/C24H26ClN5O3/c1-24(2,3)18-9-4-5-10-19(18)28-22(29-20(31)15-7-6-8-17(25)13-15)26-12-11-16-14-27-23(33)30-21(16)32/h4-10,13-14H,11-12H2,1-3H3,(H2,26,28,29,31)(H2,27,30,32,33). The lowest BCUT2D eigenvalue weighted by atomic mass is 9.86. The number of benzene rings is 2. The largest absolute Gasteiger partial charge is 0.326 e. The topological polar surface area (TPSA) is 119 Å². The van der Waals surface area contributed by atoms with Gasteiger partial charge < -0.3 is 10.3 Å². The zero-order chi connectivity index (χ0) is 24.0. The molecule has 0 fully saturated rings. The van der Waals surface area contributed by atoms with Crippen molar-refractivity contribution in [3.05, 3.63) is 97.3 Å². The van der Waals surface area contributed by atoms with Crippen molar-refractivity contribution in [3.63, 3.8) is 0 Å². The van der Waals surface area contributed by atoms with E-state index in [1.165, 1.54) is 6.20 Å². The molecule has 0 radical (unpaired) electrons. The molecule has 0 saturated carbocycles. The molecule has 0 bridgehead atoms. The van der Waals surface area contributed by atoms with E-state index in [9.17, 15) is 14.4 Å². The normalized spacial score (nSPS) is 11.8. The molecule has 33 heavy (non-hydrogen) atoms. The van der Waals surface area contributed by atoms with Crippen LogP contribution in [-0.2, 0) is 11.8 Å². The maximum absolute atomic E-state index is 12.8. The molecule has 9 heteroatoms. The first-order valence-corrected chi connectivity index (χ1v) is 10.8. The molecule has 2 aromatic carbocycles. The fourth-order valence-electron chi connectivity index (χ4n) is 3.20. The second kappa shape index (κ2) is 10.3. The summed E-state index contributed by atoms with van der Waals surface area (Å²) in [5.74, 6) is -0.142. The molecular weight excluding hydrogens is 442 g/mol. The lowest BCUT2D eigenvalue weighted by Crippen LogP contribution is -2.37. The summed E-state index contributed by atoms with van der Waals surface area (Å²) in [6.45, 7) is 6.48. The maximum Gasteiger partial charge on any atom is 0.325 e. The van der Waals surface area contributed by atoms with Crippen LogP contribution in [0.5, 0.6) is 0 Å². The summed E-state index contributed by atoms with van der Waals surface area (Å²) < 4.78 is 0. The summed E-state index contributed by atoms with van der Waals surface area (Å²) in [6.07, 6.45) is 1.63. The van der Waals surface area contributed by atoms with Gasteiger partial charge in [0.15, 0.2) is 0 Å². The number of carbonyl (C=O) groups is 1. The predicted molar refractivity (Wildman–Crippen MR) is 131 cm³/mol. The van der Waals surface area contributed by atoms with Crippen LogP contribution in [0.4, 0.5) is 5.69 Å². The Morgan fingerprint density at radius 1 is 1.09 bits per heavy atom. The third-order valence-corrected chi connectivity index (χ3v) is 5.09. The van der Waals surface area contributed by atoms with E-state index in [0.29, 0.717) is 16.1 Å². The molecule has 3 aromatic rings. The van der Waals surface area contributed by atoms with Crippen LogP contribution in [0, 0.1) is 0 Å². The van der Waals surface area contributed by atoms with Gasteiger partial charge in [0.05, 0.1) is 0 Å². The first kappa shape index (κ1) is 24.0. The number of hydrogen-bond acceptors (Lipinski definition) is 4. The Bertz CT molecular complexity index is 1290. The summed E-state index contributed by atoms with van der Waals surface area (Å²) in [6, 6.07) is 14.4. The SMILES string of the molecule is CC(C)(C)c1ccccc1NC(=NCCc1c[nH]c(=O)[nH]c1=O)NC(=O)c1cccc(Cl)c1. The van der Waals surface area contributed by atoms with E-state index in [4.69, 9.17) is 11.6 Å². The fraction of sp³-hybridized carbons (Fsp3) is 0.250. The quantitative estimate of drug-likeness (QED) is 0.339. The van der Waals surface area contributed by atoms with Gasteiger partial charge in [0.2, 0.25) is 5.96 Å². The number of aromatic nitrogens is 2. The number of nitrogens with zero attached hydrogens (tertiary/aromatic N) is 1. The molecule has 0 aliphatic rings. The highest BCUT2D eigenvalue weighted by molar-refractivity contribution is 6.31. The van der Waals surface area contributed by atoms with Crippen molar-refractivity contribution >= 4 is 29.2 Å². The van der Waals surface area contributed by atoms with Gasteiger partial charge in [0.25, 0.3) is 11.5 Å². The lowest BCUT2D eigenvalue weighted by molar-refractivity contribution is 0.0977. The van der Waals surface area contributed by atoms with Crippen LogP contribution in [0.1, 0.15) is 42.3 Å². The number of rotatable bonds is 5. The van der Waals surface area contributed by atoms with Crippen LogP contribution in [0.3, 0.4) is 0 Å². The van der Waals surface area contributed by atoms with Crippen molar-refractivity contribution in [2.24, 2.45) is 4.99 Å². The van der Waals surface area contributed by atoms with Crippen molar-refractivity contribution in [2.75, 3.05) is 11.9 Å². The molecule has 172 valence electrons. The second-order valence-corrected chi connectivity index (χ2v) is 8.90. The van der Waals surface area contributed by atoms with E-state index in [-0.39, 0.29) is 30.2 Å². The van der Waals surface area contributed by atoms with Crippen LogP contribution in [0.25, 0.3) is 0 Å². The third kappa shape index (κ3) is 6.66. The van der Waals surface area contributed by atoms with Gasteiger partial charge in [-0.15, -0.1) is 0 Å². The Hall–Kier alpha value is -3.65. The summed E-state index contributed by atoms with van der Waals surface area (Å²) in [5.41, 5.74) is 1.44. The van der Waals surface area contributed by atoms with Crippen LogP contribution in [-0.4, -0.2) is 28.4 Å². The minimum atomic E-state index is -0.567. The second-order valence-electron chi connectivity index (χ2n) is 8.46. The average Bonchev–Trinajstić information content (AvgIpc) is 2.75. The molecular formula is C24H26ClN5O3. The molecule has 1 amide bonds. The fourth-order valence-corrected chi connectivity index (χ4v) is 3.40. The average molecular weight is 468 g/mol. The Morgan fingerprint density at radius 2 is 1.85 bits per heavy atom. The Kier molecular flexibility index (Phi) is 7.50. The summed E-state index contributed by atoms with van der Waals surface area (Å²) in [5, 5.41) is 6.46. The smallest absolute Gasteiger partial charge is 0.325 e. The van der Waals surface area contributed by atoms with Gasteiger partial charge in [-0.3, -0.25) is 24.9 Å². The first-order chi connectivity index (χ1) is 15.6. The number of carbonyl (C=O) groups excluding carboxylic acids is 1. The zero-order valence-corrected chi connectivity index (χ0v) is 19.4. The lowest BCUT2D eigenvalue weighted by Gasteiger charge is -2.24. The van der Waals surface area contributed by atoms with Gasteiger partial charge in [-0.05, 0) is 41.7 Å². The highest BCUT2D eigenvalue weighted by Gasteiger charge is 2.19. The monoisotopic (exact) mass is 467 g/mol. The molecule has 0 saturated heterocycles. The number of guanidine groups is 1. The van der Waals surface area contributed by atoms with Gasteiger partial charge >= 0.3 is 5.69 Å². The van der Waals surface area contributed by atoms with Gasteiger partial charge in [0, 0.05) is 34.6 Å². The number of nitrogens with one attached hydrogen (secondary N) is 4. The van der Waals surface area contributed by atoms with E-state index in [1.807, 2.05) is 24.3 Å². The molecule has 4 N–H and O–H groups in total. The van der Waals surface area contributed by atoms with Crippen molar-refractivity contribution in [1.82, 2.24) is 15.3 Å². The highest BCUT2D eigenvalue weighted by atomic mass is 35.5. The van der Waals surface area contributed by atoms with Crippen LogP contribution < -0.4 is 21.9 Å². The number of amides is 1. The molecule has 1 heterocycles. The number of para-hydroxylation sites is 1. The molecule has 0 unspecified atom stereocenters. The van der Waals surface area contributed by atoms with Crippen molar-refractivity contribution in [2.45, 2.75) is 32.6 Å². The Labute approximate surface area is 196 Å². The van der Waals surface area contributed by atoms with Crippen LogP contribution in [0.2, 0.25) is 5.02 Å². The summed E-state index contributed by atoms with van der Waals surface area (Å²) in [4.78, 5) is 45.1. The number of aromatic amines is 2. The molecule has 0 aliphatic heterocycles. The molecule has 3 rings (SSSR count). The zero-order valence-electron chi connectivity index (χ0n) is 18.7. The van der Waals surface area contributed by atoms with Gasteiger partial charge in [-0.1, -0.05) is 56.6 Å². The van der Waals surface area contributed by atoms with Gasteiger partial charge in [-0.2, -0.15) is 0 Å². The van der Waals surface area contributed by atoms with E-state index >= 15 is 0 Å². The van der Waals surface area contributed by atoms with Crippen molar-refractivity contribution in [1.29, 1.82) is 0 Å². The summed E-state index contributed by atoms with van der Waals surface area (Å²) in [7, 11) is 0. The van der Waals surface area contributed by atoms with Gasteiger partial charge in [0.1, 0.15) is 0 Å². The number of aliphatic imine (C=N–C) groups is 1. The van der Waals surface area contributed by atoms with Gasteiger partial charge in [-0.25, -0.2) is 4.79 Å². The van der Waals surface area contributed by atoms with E-state index in [2.05, 4.69) is 46.4 Å². The highest BCUT2D eigenvalue weighted by Crippen LogP contribution is 2.29. The predicted octanol–water partition coefficient (Wildman–Crippen LogP) is 3.45. The summed E-state index contributed by atoms with van der Waals surface area (Å²) >= 11 is 6.02. The van der Waals surface area contributed by atoms with Crippen LogP contribution >= 0.6 is 11.6 Å². The molecule has 0 aliphatic carbocycles. The molecule has 8 nitrogen and oxygen atoms in total. The minimum absolute atomic E-state index is 0.144. The number of halogens is 1. The molecule has 0 spiro atoms. The minimum Gasteiger partial charge on any atom is -0.326 e.